The third-order valence-corrected chi connectivity index (χ3v) is 2.42. The highest BCUT2D eigenvalue weighted by Crippen LogP contribution is 2.25. The zero-order valence-corrected chi connectivity index (χ0v) is 9.54. The molecule has 0 spiro atoms. The van der Waals surface area contributed by atoms with Crippen molar-refractivity contribution in [1.82, 2.24) is 5.32 Å². The lowest BCUT2D eigenvalue weighted by Crippen LogP contribution is -2.26. The van der Waals surface area contributed by atoms with Crippen LogP contribution >= 0.6 is 11.6 Å². The summed E-state index contributed by atoms with van der Waals surface area (Å²) in [6.45, 7) is 1.94. The van der Waals surface area contributed by atoms with E-state index >= 15 is 0 Å². The zero-order chi connectivity index (χ0) is 11.3. The van der Waals surface area contributed by atoms with Crippen molar-refractivity contribution in [3.63, 3.8) is 0 Å². The maximum atomic E-state index is 10.2. The summed E-state index contributed by atoms with van der Waals surface area (Å²) in [5.74, 6) is 0.660. The average molecular weight is 228 g/mol. The van der Waals surface area contributed by atoms with Crippen LogP contribution in [0.2, 0.25) is 5.02 Å². The summed E-state index contributed by atoms with van der Waals surface area (Å²) < 4.78 is 5.11. The molecule has 0 fully saturated rings. The standard InChI is InChI=1S/C11H14ClNO2/c1-8(13-7-14)5-9-3-4-10(12)11(6-9)15-2/h3-4,6-8H,5H2,1-2H3,(H,13,14)/t8-/m1/s1. The highest BCUT2D eigenvalue weighted by molar-refractivity contribution is 6.32. The van der Waals surface area contributed by atoms with E-state index in [4.69, 9.17) is 16.3 Å². The molecule has 1 atom stereocenters. The Kier molecular flexibility index (Phi) is 4.43. The van der Waals surface area contributed by atoms with Crippen LogP contribution in [0.25, 0.3) is 0 Å². The third-order valence-electron chi connectivity index (χ3n) is 2.11. The molecule has 0 saturated heterocycles. The maximum Gasteiger partial charge on any atom is 0.207 e. The van der Waals surface area contributed by atoms with E-state index in [2.05, 4.69) is 5.32 Å². The number of hydrogen-bond donors (Lipinski definition) is 1. The Bertz CT molecular complexity index is 341. The Morgan fingerprint density at radius 3 is 2.93 bits per heavy atom. The summed E-state index contributed by atoms with van der Waals surface area (Å²) >= 11 is 5.90. The van der Waals surface area contributed by atoms with Gasteiger partial charge in [0.15, 0.2) is 0 Å². The van der Waals surface area contributed by atoms with Crippen LogP contribution < -0.4 is 10.1 Å². The number of nitrogens with one attached hydrogen (secondary N) is 1. The van der Waals surface area contributed by atoms with Crippen LogP contribution in [0.15, 0.2) is 18.2 Å². The number of hydrogen-bond acceptors (Lipinski definition) is 2. The van der Waals surface area contributed by atoms with Gasteiger partial charge in [-0.3, -0.25) is 4.79 Å². The van der Waals surface area contributed by atoms with E-state index in [0.717, 1.165) is 12.0 Å². The number of carbonyl (C=O) groups is 1. The predicted octanol–water partition coefficient (Wildman–Crippen LogP) is 2.03. The lowest BCUT2D eigenvalue weighted by atomic mass is 10.1. The van der Waals surface area contributed by atoms with Gasteiger partial charge in [-0.05, 0) is 31.0 Å². The minimum absolute atomic E-state index is 0.105. The average Bonchev–Trinajstić information content (AvgIpc) is 2.21. The molecule has 1 N–H and O–H groups in total. The molecule has 4 heteroatoms. The van der Waals surface area contributed by atoms with Crippen LogP contribution in [0, 0.1) is 0 Å². The Morgan fingerprint density at radius 1 is 1.60 bits per heavy atom. The molecular weight excluding hydrogens is 214 g/mol. The Hall–Kier alpha value is -1.22. The van der Waals surface area contributed by atoms with Gasteiger partial charge in [-0.15, -0.1) is 0 Å². The highest BCUT2D eigenvalue weighted by Gasteiger charge is 2.05. The van der Waals surface area contributed by atoms with E-state index in [1.807, 2.05) is 19.1 Å². The molecule has 0 bridgehead atoms. The van der Waals surface area contributed by atoms with E-state index in [0.29, 0.717) is 17.2 Å². The monoisotopic (exact) mass is 227 g/mol. The van der Waals surface area contributed by atoms with Gasteiger partial charge in [0.2, 0.25) is 6.41 Å². The molecule has 0 unspecified atom stereocenters. The van der Waals surface area contributed by atoms with Crippen molar-refractivity contribution in [3.8, 4) is 5.75 Å². The number of ether oxygens (including phenoxy) is 1. The van der Waals surface area contributed by atoms with Crippen molar-refractivity contribution < 1.29 is 9.53 Å². The van der Waals surface area contributed by atoms with E-state index in [9.17, 15) is 4.79 Å². The van der Waals surface area contributed by atoms with Gasteiger partial charge in [-0.2, -0.15) is 0 Å². The molecule has 1 aromatic rings. The third kappa shape index (κ3) is 3.44. The van der Waals surface area contributed by atoms with Crippen LogP contribution in [0.5, 0.6) is 5.75 Å². The molecule has 0 aliphatic heterocycles. The van der Waals surface area contributed by atoms with Crippen molar-refractivity contribution in [1.29, 1.82) is 0 Å². The molecular formula is C11H14ClNO2. The Balaban J connectivity index is 2.73. The Morgan fingerprint density at radius 2 is 2.33 bits per heavy atom. The fourth-order valence-corrected chi connectivity index (χ4v) is 1.55. The second-order valence-electron chi connectivity index (χ2n) is 3.36. The van der Waals surface area contributed by atoms with Crippen LogP contribution in [0.1, 0.15) is 12.5 Å². The van der Waals surface area contributed by atoms with Crippen LogP contribution in [-0.4, -0.2) is 19.6 Å². The summed E-state index contributed by atoms with van der Waals surface area (Å²) in [7, 11) is 1.58. The minimum Gasteiger partial charge on any atom is -0.495 e. The first-order valence-corrected chi connectivity index (χ1v) is 5.07. The van der Waals surface area contributed by atoms with Gasteiger partial charge in [-0.1, -0.05) is 17.7 Å². The van der Waals surface area contributed by atoms with E-state index in [1.54, 1.807) is 13.2 Å². The van der Waals surface area contributed by atoms with Gasteiger partial charge in [0.1, 0.15) is 5.75 Å². The molecule has 0 aliphatic carbocycles. The molecule has 1 amide bonds. The molecule has 0 heterocycles. The minimum atomic E-state index is 0.105. The molecule has 0 aromatic heterocycles. The molecule has 1 rings (SSSR count). The molecule has 0 aliphatic rings. The maximum absolute atomic E-state index is 10.2. The first-order valence-electron chi connectivity index (χ1n) is 4.69. The Labute approximate surface area is 94.4 Å². The van der Waals surface area contributed by atoms with Crippen molar-refractivity contribution >= 4 is 18.0 Å². The van der Waals surface area contributed by atoms with Gasteiger partial charge < -0.3 is 10.1 Å². The molecule has 0 saturated carbocycles. The predicted molar refractivity (Wildman–Crippen MR) is 60.4 cm³/mol. The van der Waals surface area contributed by atoms with E-state index < -0.39 is 0 Å². The highest BCUT2D eigenvalue weighted by atomic mass is 35.5. The van der Waals surface area contributed by atoms with Crippen LogP contribution in [-0.2, 0) is 11.2 Å². The smallest absolute Gasteiger partial charge is 0.207 e. The van der Waals surface area contributed by atoms with Gasteiger partial charge in [0.25, 0.3) is 0 Å². The molecule has 3 nitrogen and oxygen atoms in total. The van der Waals surface area contributed by atoms with Crippen molar-refractivity contribution in [3.05, 3.63) is 28.8 Å². The number of amides is 1. The molecule has 82 valence electrons. The second kappa shape index (κ2) is 5.61. The van der Waals surface area contributed by atoms with Crippen molar-refractivity contribution in [2.45, 2.75) is 19.4 Å². The summed E-state index contributed by atoms with van der Waals surface area (Å²) in [6, 6.07) is 5.70. The fourth-order valence-electron chi connectivity index (χ4n) is 1.36. The number of benzene rings is 1. The normalized spacial score (nSPS) is 11.9. The summed E-state index contributed by atoms with van der Waals surface area (Å²) in [5.41, 5.74) is 1.08. The number of halogens is 1. The van der Waals surface area contributed by atoms with Gasteiger partial charge in [0.05, 0.1) is 12.1 Å². The topological polar surface area (TPSA) is 38.3 Å². The summed E-state index contributed by atoms with van der Waals surface area (Å²) in [6.07, 6.45) is 1.46. The van der Waals surface area contributed by atoms with E-state index in [1.165, 1.54) is 0 Å². The summed E-state index contributed by atoms with van der Waals surface area (Å²) in [4.78, 5) is 10.2. The molecule has 15 heavy (non-hydrogen) atoms. The van der Waals surface area contributed by atoms with Crippen molar-refractivity contribution in [2.75, 3.05) is 7.11 Å². The number of rotatable bonds is 5. The fraction of sp³-hybridized carbons (Fsp3) is 0.364. The van der Waals surface area contributed by atoms with Crippen LogP contribution in [0.4, 0.5) is 0 Å². The second-order valence-corrected chi connectivity index (χ2v) is 3.77. The lowest BCUT2D eigenvalue weighted by Gasteiger charge is -2.11. The van der Waals surface area contributed by atoms with Crippen LogP contribution in [0.3, 0.4) is 0 Å². The van der Waals surface area contributed by atoms with Gasteiger partial charge in [-0.25, -0.2) is 0 Å². The number of methoxy groups -OCH3 is 1. The molecule has 0 radical (unpaired) electrons. The van der Waals surface area contributed by atoms with Gasteiger partial charge in [0, 0.05) is 6.04 Å². The molecule has 1 aromatic carbocycles. The largest absolute Gasteiger partial charge is 0.495 e. The quantitative estimate of drug-likeness (QED) is 0.782. The summed E-state index contributed by atoms with van der Waals surface area (Å²) in [5, 5.41) is 3.29. The zero-order valence-electron chi connectivity index (χ0n) is 8.79. The number of carbonyl (C=O) groups excluding carboxylic acids is 1. The van der Waals surface area contributed by atoms with Gasteiger partial charge >= 0.3 is 0 Å². The first-order chi connectivity index (χ1) is 7.17. The first kappa shape index (κ1) is 11.9. The van der Waals surface area contributed by atoms with Crippen molar-refractivity contribution in [2.24, 2.45) is 0 Å². The van der Waals surface area contributed by atoms with E-state index in [-0.39, 0.29) is 6.04 Å². The SMILES string of the molecule is COc1cc(C[C@@H](C)NC=O)ccc1Cl. The lowest BCUT2D eigenvalue weighted by molar-refractivity contribution is -0.110.